The second-order valence-corrected chi connectivity index (χ2v) is 24.7. The van der Waals surface area contributed by atoms with E-state index >= 15 is 0 Å². The van der Waals surface area contributed by atoms with Crippen molar-refractivity contribution >= 4 is 78.2 Å². The van der Waals surface area contributed by atoms with Gasteiger partial charge in [0.05, 0.1) is 20.7 Å². The zero-order chi connectivity index (χ0) is 50.1. The molecule has 4 aliphatic rings. The number of hydrogen-bond donors (Lipinski definition) is 1. The van der Waals surface area contributed by atoms with Crippen LogP contribution in [0.3, 0.4) is 0 Å². The number of hydrogen-bond acceptors (Lipinski definition) is 12. The first kappa shape index (κ1) is 50.3. The van der Waals surface area contributed by atoms with E-state index in [4.69, 9.17) is 15.4 Å². The number of aromatic nitrogens is 3. The molecule has 3 aromatic heterocycles. The third-order valence-corrected chi connectivity index (χ3v) is 19.3. The second-order valence-electron chi connectivity index (χ2n) is 18.5. The lowest BCUT2D eigenvalue weighted by Crippen LogP contribution is -2.52. The molecule has 4 saturated heterocycles. The molecule has 0 aliphatic carbocycles. The molecule has 0 spiro atoms. The largest absolute Gasteiger partial charge is 0.445 e. The second kappa shape index (κ2) is 20.9. The van der Waals surface area contributed by atoms with Crippen molar-refractivity contribution in [2.75, 3.05) is 26.2 Å². The molecule has 15 nitrogen and oxygen atoms in total. The topological polar surface area (TPSA) is 189 Å². The smallest absolute Gasteiger partial charge is 0.410 e. The Morgan fingerprint density at radius 2 is 1.07 bits per heavy atom. The molecule has 4 atom stereocenters. The lowest BCUT2D eigenvalue weighted by atomic mass is 9.98. The highest BCUT2D eigenvalue weighted by molar-refractivity contribution is 8.14. The fraction of sp³-hybridized carbons (Fsp3) is 0.346. The van der Waals surface area contributed by atoms with Crippen molar-refractivity contribution in [3.63, 3.8) is 0 Å². The first-order valence-corrected chi connectivity index (χ1v) is 28.9. The van der Waals surface area contributed by atoms with Gasteiger partial charge in [-0.15, -0.1) is 0 Å². The van der Waals surface area contributed by atoms with E-state index in [0.717, 1.165) is 82.4 Å². The summed E-state index contributed by atoms with van der Waals surface area (Å²) in [6.45, 7) is 8.39. The van der Waals surface area contributed by atoms with E-state index in [-0.39, 0.29) is 35.7 Å². The molecule has 7 heterocycles. The maximum Gasteiger partial charge on any atom is 0.410 e. The zero-order valence-electron chi connectivity index (χ0n) is 39.7. The molecule has 372 valence electrons. The number of pyridine rings is 3. The normalized spacial score (nSPS) is 20.6. The summed E-state index contributed by atoms with van der Waals surface area (Å²) < 4.78 is 85.9. The molecule has 11 rings (SSSR count). The standard InChI is InChI=1S/C25H27N3O4S.C17H21N3O2S.C10H8ClNO2S/c1-18-15-26-16-20-9-5-11-23(24(18)20)33(30,31)28-14-12-21-22(28)10-6-13-27(21)25(29)32-17-19-7-3-2-4-8-19;1-12-10-18-11-13-4-2-6-16(17(12)13)23(21,22)20-9-7-14-15(20)5-3-8-19-14;1-7-5-12-6-8-3-2-4-9(10(7)8)15(11,13)14/h2-5,7-9,11,15-16,21-22H,6,10,12-14,17H2,1H3;2,4,6,10-11,14-15,19H,3,5,7-9H2,1H3;2-6H,1H3. The van der Waals surface area contributed by atoms with Gasteiger partial charge in [-0.25, -0.2) is 30.0 Å². The number of halogens is 1. The summed E-state index contributed by atoms with van der Waals surface area (Å²) in [5.74, 6) is 0. The van der Waals surface area contributed by atoms with Crippen LogP contribution < -0.4 is 5.32 Å². The van der Waals surface area contributed by atoms with Crippen molar-refractivity contribution in [3.8, 4) is 0 Å². The summed E-state index contributed by atoms with van der Waals surface area (Å²) in [6, 6.07) is 25.3. The fourth-order valence-electron chi connectivity index (χ4n) is 10.8. The zero-order valence-corrected chi connectivity index (χ0v) is 42.9. The van der Waals surface area contributed by atoms with E-state index in [1.165, 1.54) is 6.07 Å². The molecule has 1 amide bonds. The van der Waals surface area contributed by atoms with Crippen LogP contribution in [0.4, 0.5) is 4.79 Å². The Morgan fingerprint density at radius 1 is 0.577 bits per heavy atom. The van der Waals surface area contributed by atoms with E-state index in [1.807, 2.05) is 62.4 Å². The quantitative estimate of drug-likeness (QED) is 0.150. The molecule has 71 heavy (non-hydrogen) atoms. The molecular weight excluding hydrogens is 982 g/mol. The molecule has 4 fully saturated rings. The van der Waals surface area contributed by atoms with Crippen molar-refractivity contribution in [1.29, 1.82) is 0 Å². The first-order chi connectivity index (χ1) is 34.1. The van der Waals surface area contributed by atoms with Gasteiger partial charge in [-0.2, -0.15) is 8.61 Å². The van der Waals surface area contributed by atoms with Crippen LogP contribution in [0.2, 0.25) is 0 Å². The molecule has 1 N–H and O–H groups in total. The Kier molecular flexibility index (Phi) is 14.8. The third kappa shape index (κ3) is 10.3. The molecule has 0 saturated carbocycles. The van der Waals surface area contributed by atoms with Crippen molar-refractivity contribution in [3.05, 3.63) is 144 Å². The number of fused-ring (bicyclic) bond motifs is 5. The molecule has 0 radical (unpaired) electrons. The van der Waals surface area contributed by atoms with Gasteiger partial charge in [0.1, 0.15) is 6.61 Å². The number of ether oxygens (including phenoxy) is 1. The highest BCUT2D eigenvalue weighted by atomic mass is 35.7. The lowest BCUT2D eigenvalue weighted by Gasteiger charge is -2.38. The molecule has 19 heteroatoms. The van der Waals surface area contributed by atoms with Crippen LogP contribution in [0.15, 0.2) is 137 Å². The number of likely N-dealkylation sites (tertiary alicyclic amines) is 1. The van der Waals surface area contributed by atoms with E-state index in [1.54, 1.807) is 87.9 Å². The Morgan fingerprint density at radius 3 is 1.62 bits per heavy atom. The van der Waals surface area contributed by atoms with Gasteiger partial charge in [0.15, 0.2) is 0 Å². The van der Waals surface area contributed by atoms with Crippen LogP contribution in [0.25, 0.3) is 32.3 Å². The minimum atomic E-state index is -3.74. The summed E-state index contributed by atoms with van der Waals surface area (Å²) in [5, 5.41) is 8.08. The van der Waals surface area contributed by atoms with Crippen LogP contribution in [0.1, 0.15) is 60.8 Å². The number of piperidine rings is 2. The maximum atomic E-state index is 13.8. The lowest BCUT2D eigenvalue weighted by molar-refractivity contribution is 0.0606. The van der Waals surface area contributed by atoms with Gasteiger partial charge in [-0.3, -0.25) is 15.0 Å². The molecule has 4 aromatic carbocycles. The number of carbonyl (C=O) groups is 1. The van der Waals surface area contributed by atoms with E-state index < -0.39 is 29.1 Å². The number of carbonyl (C=O) groups excluding carboxylic acids is 1. The van der Waals surface area contributed by atoms with Crippen LogP contribution in [0, 0.1) is 20.8 Å². The summed E-state index contributed by atoms with van der Waals surface area (Å²) in [5.41, 5.74) is 3.46. The Labute approximate surface area is 419 Å². The average Bonchev–Trinajstić information content (AvgIpc) is 4.02. The van der Waals surface area contributed by atoms with Crippen LogP contribution in [-0.4, -0.2) is 110 Å². The maximum absolute atomic E-state index is 13.8. The van der Waals surface area contributed by atoms with Gasteiger partial charge in [0, 0.05) is 118 Å². The number of rotatable bonds is 7. The number of nitrogens with one attached hydrogen (secondary N) is 1. The van der Waals surface area contributed by atoms with E-state index in [9.17, 15) is 30.0 Å². The number of nitrogens with zero attached hydrogens (tertiary/aromatic N) is 6. The van der Waals surface area contributed by atoms with Crippen LogP contribution >= 0.6 is 10.7 Å². The SMILES string of the molecule is Cc1cncc2cccc(S(=O)(=O)Cl)c12.Cc1cncc2cccc(S(=O)(=O)N3CCC4C3CCCN4C(=O)OCc3ccccc3)c12.Cc1cncc2cccc(S(=O)(=O)N3CCC4NCCCC43)c12. The Bertz CT molecular complexity index is 3450. The first-order valence-electron chi connectivity index (χ1n) is 23.7. The van der Waals surface area contributed by atoms with Crippen molar-refractivity contribution < 1.29 is 34.8 Å². The Balaban J connectivity index is 0.000000142. The predicted molar refractivity (Wildman–Crippen MR) is 274 cm³/mol. The number of amides is 1. The van der Waals surface area contributed by atoms with Crippen LogP contribution in [-0.2, 0) is 40.4 Å². The molecule has 7 aromatic rings. The summed E-state index contributed by atoms with van der Waals surface area (Å²) in [6.07, 6.45) is 14.7. The molecule has 4 unspecified atom stereocenters. The fourth-order valence-corrected chi connectivity index (χ4v) is 15.9. The van der Waals surface area contributed by atoms with Gasteiger partial charge in [-0.05, 0) is 106 Å². The van der Waals surface area contributed by atoms with Gasteiger partial charge in [0.2, 0.25) is 20.0 Å². The predicted octanol–water partition coefficient (Wildman–Crippen LogP) is 8.64. The Hall–Kier alpha value is -5.60. The van der Waals surface area contributed by atoms with Gasteiger partial charge >= 0.3 is 6.09 Å². The van der Waals surface area contributed by atoms with Gasteiger partial charge < -0.3 is 15.0 Å². The highest BCUT2D eigenvalue weighted by Crippen LogP contribution is 2.38. The number of aryl methyl sites for hydroxylation is 3. The highest BCUT2D eigenvalue weighted by Gasteiger charge is 2.48. The van der Waals surface area contributed by atoms with Crippen molar-refractivity contribution in [1.82, 2.24) is 33.8 Å². The van der Waals surface area contributed by atoms with Crippen molar-refractivity contribution in [2.24, 2.45) is 0 Å². The van der Waals surface area contributed by atoms with E-state index in [2.05, 4.69) is 20.3 Å². The number of sulfonamides is 2. The third-order valence-electron chi connectivity index (χ3n) is 14.0. The minimum Gasteiger partial charge on any atom is -0.445 e. The monoisotopic (exact) mass is 1040 g/mol. The number of benzene rings is 4. The molecule has 0 bridgehead atoms. The van der Waals surface area contributed by atoms with E-state index in [0.29, 0.717) is 52.7 Å². The molecular formula is C52H56ClN7O8S3. The van der Waals surface area contributed by atoms with Crippen LogP contribution in [0.5, 0.6) is 0 Å². The summed E-state index contributed by atoms with van der Waals surface area (Å²) in [7, 11) is -5.57. The summed E-state index contributed by atoms with van der Waals surface area (Å²) in [4.78, 5) is 27.9. The molecule has 4 aliphatic heterocycles. The average molecular weight is 1040 g/mol. The summed E-state index contributed by atoms with van der Waals surface area (Å²) >= 11 is 0. The minimum absolute atomic E-state index is 0.0890. The van der Waals surface area contributed by atoms with Gasteiger partial charge in [-0.1, -0.05) is 66.7 Å². The van der Waals surface area contributed by atoms with Crippen molar-refractivity contribution in [2.45, 2.75) is 105 Å². The van der Waals surface area contributed by atoms with Gasteiger partial charge in [0.25, 0.3) is 9.05 Å².